The standard InChI is InChI=1S/C20H16N4O2S/c25-18(24-20-22-16(12-27-20)13-6-2-1-3-7-13)11-10-17-21-15-9-5-4-8-14(15)19(26)23-17/h1-9,12H,10-11H2,(H,21,23,26)(H,22,24,25). The van der Waals surface area contributed by atoms with Crippen LogP contribution in [0.15, 0.2) is 64.8 Å². The zero-order valence-electron chi connectivity index (χ0n) is 14.3. The molecule has 0 atom stereocenters. The molecule has 2 aromatic heterocycles. The van der Waals surface area contributed by atoms with Gasteiger partial charge in [0.15, 0.2) is 5.13 Å². The zero-order valence-corrected chi connectivity index (χ0v) is 15.1. The third-order valence-electron chi connectivity index (χ3n) is 4.07. The molecule has 0 fully saturated rings. The van der Waals surface area contributed by atoms with Gasteiger partial charge in [-0.15, -0.1) is 11.3 Å². The first-order chi connectivity index (χ1) is 13.2. The van der Waals surface area contributed by atoms with Gasteiger partial charge in [-0.1, -0.05) is 42.5 Å². The van der Waals surface area contributed by atoms with Crippen molar-refractivity contribution in [3.05, 3.63) is 76.2 Å². The second-order valence-electron chi connectivity index (χ2n) is 5.98. The van der Waals surface area contributed by atoms with E-state index in [1.807, 2.05) is 41.8 Å². The van der Waals surface area contributed by atoms with Crippen LogP contribution in [0.5, 0.6) is 0 Å². The van der Waals surface area contributed by atoms with Gasteiger partial charge in [-0.05, 0) is 12.1 Å². The van der Waals surface area contributed by atoms with E-state index in [9.17, 15) is 9.59 Å². The first-order valence-electron chi connectivity index (χ1n) is 8.48. The Morgan fingerprint density at radius 3 is 2.67 bits per heavy atom. The van der Waals surface area contributed by atoms with Crippen LogP contribution in [0.4, 0.5) is 5.13 Å². The average Bonchev–Trinajstić information content (AvgIpc) is 3.16. The van der Waals surface area contributed by atoms with Crippen LogP contribution in [-0.2, 0) is 11.2 Å². The maximum absolute atomic E-state index is 12.2. The third-order valence-corrected chi connectivity index (χ3v) is 4.83. The summed E-state index contributed by atoms with van der Waals surface area (Å²) in [5, 5.41) is 5.81. The quantitative estimate of drug-likeness (QED) is 0.557. The van der Waals surface area contributed by atoms with E-state index in [4.69, 9.17) is 0 Å². The first kappa shape index (κ1) is 17.1. The largest absolute Gasteiger partial charge is 0.310 e. The van der Waals surface area contributed by atoms with E-state index < -0.39 is 0 Å². The van der Waals surface area contributed by atoms with Crippen LogP contribution in [0.1, 0.15) is 12.2 Å². The lowest BCUT2D eigenvalue weighted by molar-refractivity contribution is -0.116. The number of nitrogens with one attached hydrogen (secondary N) is 2. The summed E-state index contributed by atoms with van der Waals surface area (Å²) < 4.78 is 0. The van der Waals surface area contributed by atoms with E-state index in [-0.39, 0.29) is 17.9 Å². The van der Waals surface area contributed by atoms with Crippen molar-refractivity contribution in [3.63, 3.8) is 0 Å². The topological polar surface area (TPSA) is 87.7 Å². The fourth-order valence-electron chi connectivity index (χ4n) is 2.74. The number of H-pyrrole nitrogens is 1. The number of thiazole rings is 1. The Kier molecular flexibility index (Phi) is 4.76. The molecule has 0 spiro atoms. The molecule has 6 nitrogen and oxygen atoms in total. The zero-order chi connectivity index (χ0) is 18.6. The molecule has 4 aromatic rings. The predicted octanol–water partition coefficient (Wildman–Crippen LogP) is 3.62. The van der Waals surface area contributed by atoms with Crippen LogP contribution < -0.4 is 10.9 Å². The van der Waals surface area contributed by atoms with Crippen LogP contribution in [0, 0.1) is 0 Å². The molecule has 0 unspecified atom stereocenters. The summed E-state index contributed by atoms with van der Waals surface area (Å²) in [7, 11) is 0. The van der Waals surface area contributed by atoms with E-state index in [2.05, 4.69) is 20.3 Å². The summed E-state index contributed by atoms with van der Waals surface area (Å²) in [6.45, 7) is 0. The molecule has 0 aliphatic heterocycles. The van der Waals surface area contributed by atoms with Gasteiger partial charge in [0.05, 0.1) is 16.6 Å². The second kappa shape index (κ2) is 7.51. The van der Waals surface area contributed by atoms with Crippen molar-refractivity contribution in [2.75, 3.05) is 5.32 Å². The van der Waals surface area contributed by atoms with Gasteiger partial charge in [-0.25, -0.2) is 9.97 Å². The monoisotopic (exact) mass is 376 g/mol. The predicted molar refractivity (Wildman–Crippen MR) is 107 cm³/mol. The molecule has 0 bridgehead atoms. The van der Waals surface area contributed by atoms with Crippen molar-refractivity contribution in [2.24, 2.45) is 0 Å². The number of fused-ring (bicyclic) bond motifs is 1. The van der Waals surface area contributed by atoms with Crippen LogP contribution in [-0.4, -0.2) is 20.9 Å². The molecule has 0 aliphatic rings. The summed E-state index contributed by atoms with van der Waals surface area (Å²) in [5.41, 5.74) is 2.27. The molecule has 4 rings (SSSR count). The minimum atomic E-state index is -0.191. The molecular weight excluding hydrogens is 360 g/mol. The SMILES string of the molecule is O=C(CCc1nc2ccccc2c(=O)[nH]1)Nc1nc(-c2ccccc2)cs1. The maximum atomic E-state index is 12.2. The molecular formula is C20H16N4O2S. The summed E-state index contributed by atoms with van der Waals surface area (Å²) in [4.78, 5) is 35.9. The molecule has 2 heterocycles. The molecule has 2 aromatic carbocycles. The Balaban J connectivity index is 1.40. The lowest BCUT2D eigenvalue weighted by Crippen LogP contribution is -2.16. The Bertz CT molecular complexity index is 1150. The number of aromatic amines is 1. The molecule has 0 radical (unpaired) electrons. The van der Waals surface area contributed by atoms with Gasteiger partial charge in [-0.2, -0.15) is 0 Å². The molecule has 0 aliphatic carbocycles. The first-order valence-corrected chi connectivity index (χ1v) is 9.36. The molecule has 27 heavy (non-hydrogen) atoms. The Morgan fingerprint density at radius 1 is 1.04 bits per heavy atom. The minimum Gasteiger partial charge on any atom is -0.310 e. The van der Waals surface area contributed by atoms with E-state index in [0.717, 1.165) is 11.3 Å². The number of para-hydroxylation sites is 1. The molecule has 1 amide bonds. The average molecular weight is 376 g/mol. The van der Waals surface area contributed by atoms with Gasteiger partial charge in [0, 0.05) is 23.8 Å². The fraction of sp³-hybridized carbons (Fsp3) is 0.100. The van der Waals surface area contributed by atoms with Crippen LogP contribution in [0.2, 0.25) is 0 Å². The highest BCUT2D eigenvalue weighted by Gasteiger charge is 2.10. The summed E-state index contributed by atoms with van der Waals surface area (Å²) in [6.07, 6.45) is 0.560. The number of amides is 1. The van der Waals surface area contributed by atoms with E-state index in [1.165, 1.54) is 11.3 Å². The number of hydrogen-bond acceptors (Lipinski definition) is 5. The highest BCUT2D eigenvalue weighted by atomic mass is 32.1. The minimum absolute atomic E-state index is 0.167. The Morgan fingerprint density at radius 2 is 1.81 bits per heavy atom. The molecule has 7 heteroatoms. The summed E-state index contributed by atoms with van der Waals surface area (Å²) >= 11 is 1.38. The highest BCUT2D eigenvalue weighted by molar-refractivity contribution is 7.14. The molecule has 0 saturated carbocycles. The van der Waals surface area contributed by atoms with Gasteiger partial charge in [0.2, 0.25) is 5.91 Å². The number of carbonyl (C=O) groups is 1. The van der Waals surface area contributed by atoms with Gasteiger partial charge in [-0.3, -0.25) is 9.59 Å². The van der Waals surface area contributed by atoms with Crippen molar-refractivity contribution in [2.45, 2.75) is 12.8 Å². The lowest BCUT2D eigenvalue weighted by atomic mass is 10.2. The van der Waals surface area contributed by atoms with Gasteiger partial charge in [0.1, 0.15) is 5.82 Å². The highest BCUT2D eigenvalue weighted by Crippen LogP contribution is 2.24. The number of rotatable bonds is 5. The van der Waals surface area contributed by atoms with Crippen LogP contribution in [0.25, 0.3) is 22.2 Å². The van der Waals surface area contributed by atoms with Crippen molar-refractivity contribution >= 4 is 33.3 Å². The fourth-order valence-corrected chi connectivity index (χ4v) is 3.48. The van der Waals surface area contributed by atoms with Gasteiger partial charge in [0.25, 0.3) is 5.56 Å². The number of benzene rings is 2. The normalized spacial score (nSPS) is 10.8. The van der Waals surface area contributed by atoms with Crippen molar-refractivity contribution < 1.29 is 4.79 Å². The second-order valence-corrected chi connectivity index (χ2v) is 6.84. The van der Waals surface area contributed by atoms with Gasteiger partial charge >= 0.3 is 0 Å². The van der Waals surface area contributed by atoms with Crippen molar-refractivity contribution in [1.29, 1.82) is 0 Å². The number of anilines is 1. The number of hydrogen-bond donors (Lipinski definition) is 2. The van der Waals surface area contributed by atoms with E-state index >= 15 is 0 Å². The van der Waals surface area contributed by atoms with Crippen LogP contribution >= 0.6 is 11.3 Å². The van der Waals surface area contributed by atoms with Crippen molar-refractivity contribution in [1.82, 2.24) is 15.0 Å². The third kappa shape index (κ3) is 3.93. The number of carbonyl (C=O) groups excluding carboxylic acids is 1. The Labute approximate surface area is 158 Å². The summed E-state index contributed by atoms with van der Waals surface area (Å²) in [6, 6.07) is 16.9. The summed E-state index contributed by atoms with van der Waals surface area (Å²) in [5.74, 6) is 0.331. The molecule has 0 saturated heterocycles. The van der Waals surface area contributed by atoms with E-state index in [0.29, 0.717) is 28.3 Å². The van der Waals surface area contributed by atoms with Gasteiger partial charge < -0.3 is 10.3 Å². The number of nitrogens with zero attached hydrogens (tertiary/aromatic N) is 2. The Hall–Kier alpha value is -3.32. The number of aryl methyl sites for hydroxylation is 1. The number of aromatic nitrogens is 3. The van der Waals surface area contributed by atoms with Crippen LogP contribution in [0.3, 0.4) is 0 Å². The lowest BCUT2D eigenvalue weighted by Gasteiger charge is -2.03. The maximum Gasteiger partial charge on any atom is 0.258 e. The molecule has 134 valence electrons. The smallest absolute Gasteiger partial charge is 0.258 e. The van der Waals surface area contributed by atoms with Crippen molar-refractivity contribution in [3.8, 4) is 11.3 Å². The van der Waals surface area contributed by atoms with E-state index in [1.54, 1.807) is 18.2 Å². The molecule has 2 N–H and O–H groups in total.